The van der Waals surface area contributed by atoms with Crippen molar-refractivity contribution in [1.82, 2.24) is 10.2 Å². The van der Waals surface area contributed by atoms with Gasteiger partial charge in [0.15, 0.2) is 0 Å². The van der Waals surface area contributed by atoms with Crippen LogP contribution in [0.5, 0.6) is 0 Å². The number of aryl methyl sites for hydroxylation is 2. The standard InChI is InChI=1S/C23H25N.C19H23ClN2.2ClH/c1-19(20-11-5-2-6-12-20)24-18-17-23(21-13-7-3-8-14-21)22-15-9-4-10-16-22;1-21(2)12-5-13-22-18-7-4-3-6-15(18)8-9-16-10-11-17(20)14-19(16)22;;/h2-16,19,23-24H,17-18H2,1H3;3-4,6-7,10-11,14H,5,8-9,12-13H2,1-2H3;2*1H. The van der Waals surface area contributed by atoms with E-state index in [2.05, 4.69) is 164 Å². The molecule has 1 aliphatic heterocycles. The first-order valence-corrected chi connectivity index (χ1v) is 17.0. The summed E-state index contributed by atoms with van der Waals surface area (Å²) in [6, 6.07) is 47.7. The number of hydrogen-bond donors (Lipinski definition) is 1. The van der Waals surface area contributed by atoms with Gasteiger partial charge >= 0.3 is 0 Å². The highest BCUT2D eigenvalue weighted by molar-refractivity contribution is 6.30. The first-order valence-electron chi connectivity index (χ1n) is 16.7. The van der Waals surface area contributed by atoms with Crippen molar-refractivity contribution in [2.24, 2.45) is 0 Å². The van der Waals surface area contributed by atoms with Gasteiger partial charge in [-0.1, -0.05) is 127 Å². The zero-order chi connectivity index (χ0) is 32.1. The Morgan fingerprint density at radius 2 is 1.19 bits per heavy atom. The van der Waals surface area contributed by atoms with Crippen LogP contribution in [0.15, 0.2) is 133 Å². The predicted octanol–water partition coefficient (Wildman–Crippen LogP) is 10.9. The van der Waals surface area contributed by atoms with Crippen LogP contribution in [-0.4, -0.2) is 38.6 Å². The van der Waals surface area contributed by atoms with E-state index in [1.807, 2.05) is 6.07 Å². The molecule has 5 aromatic carbocycles. The van der Waals surface area contributed by atoms with Crippen LogP contribution >= 0.6 is 36.4 Å². The molecule has 3 nitrogen and oxygen atoms in total. The molecule has 0 radical (unpaired) electrons. The van der Waals surface area contributed by atoms with Gasteiger partial charge in [-0.2, -0.15) is 0 Å². The summed E-state index contributed by atoms with van der Waals surface area (Å²) in [6.45, 7) is 5.33. The first-order chi connectivity index (χ1) is 22.5. The predicted molar refractivity (Wildman–Crippen MR) is 212 cm³/mol. The van der Waals surface area contributed by atoms with Gasteiger partial charge in [-0.15, -0.1) is 24.8 Å². The van der Waals surface area contributed by atoms with Gasteiger partial charge in [0.1, 0.15) is 0 Å². The van der Waals surface area contributed by atoms with Crippen LogP contribution < -0.4 is 10.2 Å². The van der Waals surface area contributed by atoms with Gasteiger partial charge in [-0.25, -0.2) is 0 Å². The van der Waals surface area contributed by atoms with Gasteiger partial charge in [-0.3, -0.25) is 0 Å². The van der Waals surface area contributed by atoms with Crippen LogP contribution in [0.4, 0.5) is 11.4 Å². The Balaban J connectivity index is 0.000000251. The van der Waals surface area contributed by atoms with Crippen molar-refractivity contribution < 1.29 is 0 Å². The highest BCUT2D eigenvalue weighted by Crippen LogP contribution is 2.37. The summed E-state index contributed by atoms with van der Waals surface area (Å²) in [4.78, 5) is 4.69. The number of anilines is 2. The van der Waals surface area contributed by atoms with E-state index >= 15 is 0 Å². The Kier molecular flexibility index (Phi) is 16.5. The van der Waals surface area contributed by atoms with Crippen molar-refractivity contribution in [3.63, 3.8) is 0 Å². The van der Waals surface area contributed by atoms with Crippen LogP contribution in [0.3, 0.4) is 0 Å². The third-order valence-corrected chi connectivity index (χ3v) is 9.09. The Morgan fingerprint density at radius 3 is 1.77 bits per heavy atom. The van der Waals surface area contributed by atoms with Gasteiger partial charge in [0, 0.05) is 34.9 Å². The maximum atomic E-state index is 6.27. The van der Waals surface area contributed by atoms with Crippen LogP contribution in [0.25, 0.3) is 0 Å². The van der Waals surface area contributed by atoms with Gasteiger partial charge in [0.2, 0.25) is 0 Å². The molecule has 5 aromatic rings. The number of fused-ring (bicyclic) bond motifs is 2. The number of nitrogens with one attached hydrogen (secondary N) is 1. The average molecular weight is 703 g/mol. The van der Waals surface area contributed by atoms with Crippen molar-refractivity contribution in [3.05, 3.63) is 166 Å². The first kappa shape index (κ1) is 39.1. The molecule has 6 heteroatoms. The van der Waals surface area contributed by atoms with E-state index in [0.29, 0.717) is 12.0 Å². The molecular formula is C42H50Cl3N3. The lowest BCUT2D eigenvalue weighted by Crippen LogP contribution is -2.24. The summed E-state index contributed by atoms with van der Waals surface area (Å²) in [7, 11) is 4.25. The monoisotopic (exact) mass is 701 g/mol. The lowest BCUT2D eigenvalue weighted by Gasteiger charge is -2.27. The van der Waals surface area contributed by atoms with Gasteiger partial charge < -0.3 is 15.1 Å². The SMILES string of the molecule is CC(NCCC(c1ccccc1)c1ccccc1)c1ccccc1.CN(C)CCCN1c2ccccc2CCc2ccc(Cl)cc21.Cl.Cl. The maximum absolute atomic E-state index is 6.27. The average Bonchev–Trinajstić information content (AvgIpc) is 3.24. The summed E-state index contributed by atoms with van der Waals surface area (Å²) >= 11 is 6.27. The van der Waals surface area contributed by atoms with Crippen molar-refractivity contribution >= 4 is 47.8 Å². The quantitative estimate of drug-likeness (QED) is 0.148. The molecule has 1 aliphatic rings. The van der Waals surface area contributed by atoms with Gasteiger partial charge in [0.25, 0.3) is 0 Å². The molecule has 1 atom stereocenters. The highest BCUT2D eigenvalue weighted by Gasteiger charge is 2.20. The fourth-order valence-corrected chi connectivity index (χ4v) is 6.54. The van der Waals surface area contributed by atoms with Crippen LogP contribution in [0.2, 0.25) is 5.02 Å². The molecule has 0 spiro atoms. The molecule has 48 heavy (non-hydrogen) atoms. The number of halogens is 3. The molecule has 0 saturated carbocycles. The number of rotatable bonds is 11. The van der Waals surface area contributed by atoms with Gasteiger partial charge in [0.05, 0.1) is 0 Å². The second kappa shape index (κ2) is 20.3. The molecule has 0 bridgehead atoms. The zero-order valence-electron chi connectivity index (χ0n) is 28.4. The molecule has 254 valence electrons. The van der Waals surface area contributed by atoms with E-state index in [-0.39, 0.29) is 24.8 Å². The molecule has 1 heterocycles. The maximum Gasteiger partial charge on any atom is 0.0458 e. The second-order valence-electron chi connectivity index (χ2n) is 12.5. The van der Waals surface area contributed by atoms with Crippen LogP contribution in [0, 0.1) is 0 Å². The number of para-hydroxylation sites is 1. The lowest BCUT2D eigenvalue weighted by atomic mass is 9.88. The van der Waals surface area contributed by atoms with Crippen molar-refractivity contribution in [2.45, 2.75) is 44.6 Å². The van der Waals surface area contributed by atoms with E-state index in [1.54, 1.807) is 0 Å². The van der Waals surface area contributed by atoms with E-state index < -0.39 is 0 Å². The highest BCUT2D eigenvalue weighted by atomic mass is 35.5. The van der Waals surface area contributed by atoms with Crippen molar-refractivity contribution in [3.8, 4) is 0 Å². The summed E-state index contributed by atoms with van der Waals surface area (Å²) in [6.07, 6.45) is 4.39. The van der Waals surface area contributed by atoms with E-state index in [9.17, 15) is 0 Å². The molecule has 1 N–H and O–H groups in total. The normalized spacial score (nSPS) is 12.4. The molecule has 0 aromatic heterocycles. The Bertz CT molecular complexity index is 1570. The molecule has 0 fully saturated rings. The molecule has 0 saturated heterocycles. The molecular weight excluding hydrogens is 653 g/mol. The fraction of sp³-hybridized carbons (Fsp3) is 0.286. The largest absolute Gasteiger partial charge is 0.341 e. The zero-order valence-corrected chi connectivity index (χ0v) is 30.8. The summed E-state index contributed by atoms with van der Waals surface area (Å²) in [5, 5.41) is 4.48. The summed E-state index contributed by atoms with van der Waals surface area (Å²) in [5.41, 5.74) is 9.55. The molecule has 1 unspecified atom stereocenters. The third kappa shape index (κ3) is 11.1. The Morgan fingerprint density at radius 1 is 0.667 bits per heavy atom. The minimum absolute atomic E-state index is 0. The minimum atomic E-state index is 0. The summed E-state index contributed by atoms with van der Waals surface area (Å²) < 4.78 is 0. The molecule has 6 rings (SSSR count). The smallest absolute Gasteiger partial charge is 0.0458 e. The van der Waals surface area contributed by atoms with Crippen molar-refractivity contribution in [1.29, 1.82) is 0 Å². The fourth-order valence-electron chi connectivity index (χ4n) is 6.37. The molecule has 0 aliphatic carbocycles. The topological polar surface area (TPSA) is 18.5 Å². The second-order valence-corrected chi connectivity index (χ2v) is 12.9. The number of benzene rings is 5. The van der Waals surface area contributed by atoms with Crippen molar-refractivity contribution in [2.75, 3.05) is 38.6 Å². The number of hydrogen-bond acceptors (Lipinski definition) is 3. The van der Waals surface area contributed by atoms with Crippen LogP contribution in [0.1, 0.15) is 59.5 Å². The lowest BCUT2D eigenvalue weighted by molar-refractivity contribution is 0.402. The van der Waals surface area contributed by atoms with E-state index in [0.717, 1.165) is 50.3 Å². The summed E-state index contributed by atoms with van der Waals surface area (Å²) in [5.74, 6) is 0.433. The number of nitrogens with zero attached hydrogens (tertiary/aromatic N) is 2. The Hall–Kier alpha value is -3.31. The minimum Gasteiger partial charge on any atom is -0.341 e. The van der Waals surface area contributed by atoms with E-state index in [1.165, 1.54) is 39.2 Å². The molecule has 0 amide bonds. The van der Waals surface area contributed by atoms with Crippen LogP contribution in [-0.2, 0) is 12.8 Å². The Labute approximate surface area is 306 Å². The third-order valence-electron chi connectivity index (χ3n) is 8.86. The van der Waals surface area contributed by atoms with Gasteiger partial charge in [-0.05, 0) is 106 Å². The van der Waals surface area contributed by atoms with E-state index in [4.69, 9.17) is 11.6 Å².